The maximum atomic E-state index is 11.0. The molecule has 0 bridgehead atoms. The molecule has 0 aromatic rings. The monoisotopic (exact) mass is 390 g/mol. The molecule has 4 unspecified atom stereocenters. The topological polar surface area (TPSA) is 17.1 Å². The SMILES string of the molecule is CCCCC1CCCC(CCCCCCCCCCC2CCCC(C=O)C2)C1. The highest BCUT2D eigenvalue weighted by atomic mass is 16.1. The minimum absolute atomic E-state index is 0.384. The third kappa shape index (κ3) is 10.4. The van der Waals surface area contributed by atoms with Crippen molar-refractivity contribution in [2.45, 2.75) is 142 Å². The summed E-state index contributed by atoms with van der Waals surface area (Å²) in [6.45, 7) is 2.33. The van der Waals surface area contributed by atoms with Crippen LogP contribution >= 0.6 is 0 Å². The van der Waals surface area contributed by atoms with Gasteiger partial charge >= 0.3 is 0 Å². The summed E-state index contributed by atoms with van der Waals surface area (Å²) in [4.78, 5) is 11.0. The third-order valence-electron chi connectivity index (χ3n) is 7.85. The highest BCUT2D eigenvalue weighted by Crippen LogP contribution is 2.35. The fourth-order valence-corrected chi connectivity index (χ4v) is 6.06. The minimum Gasteiger partial charge on any atom is -0.303 e. The van der Waals surface area contributed by atoms with E-state index in [1.165, 1.54) is 128 Å². The molecule has 2 fully saturated rings. The summed E-state index contributed by atoms with van der Waals surface area (Å²) in [5.74, 6) is 3.37. The average Bonchev–Trinajstić information content (AvgIpc) is 2.74. The smallest absolute Gasteiger partial charge is 0.123 e. The van der Waals surface area contributed by atoms with Gasteiger partial charge in [0, 0.05) is 5.92 Å². The van der Waals surface area contributed by atoms with Gasteiger partial charge in [-0.15, -0.1) is 0 Å². The van der Waals surface area contributed by atoms with E-state index in [2.05, 4.69) is 6.92 Å². The fraction of sp³-hybridized carbons (Fsp3) is 0.963. The number of rotatable bonds is 15. The van der Waals surface area contributed by atoms with Gasteiger partial charge < -0.3 is 4.79 Å². The summed E-state index contributed by atoms with van der Waals surface area (Å²) < 4.78 is 0. The van der Waals surface area contributed by atoms with E-state index in [0.29, 0.717) is 5.92 Å². The van der Waals surface area contributed by atoms with Gasteiger partial charge in [0.05, 0.1) is 0 Å². The van der Waals surface area contributed by atoms with Gasteiger partial charge in [-0.05, 0) is 37.0 Å². The first kappa shape index (κ1) is 23.9. The fourth-order valence-electron chi connectivity index (χ4n) is 6.06. The number of unbranched alkanes of at least 4 members (excludes halogenated alkanes) is 8. The molecule has 4 atom stereocenters. The van der Waals surface area contributed by atoms with Crippen LogP contribution in [0, 0.1) is 23.7 Å². The average molecular weight is 391 g/mol. The van der Waals surface area contributed by atoms with E-state index in [-0.39, 0.29) is 0 Å². The van der Waals surface area contributed by atoms with Crippen molar-refractivity contribution >= 4 is 6.29 Å². The van der Waals surface area contributed by atoms with Crippen molar-refractivity contribution in [3.63, 3.8) is 0 Å². The summed E-state index contributed by atoms with van der Waals surface area (Å²) in [5, 5.41) is 0. The largest absolute Gasteiger partial charge is 0.303 e. The molecule has 28 heavy (non-hydrogen) atoms. The molecular formula is C27H50O. The van der Waals surface area contributed by atoms with Crippen LogP contribution < -0.4 is 0 Å². The van der Waals surface area contributed by atoms with Crippen molar-refractivity contribution in [2.75, 3.05) is 0 Å². The van der Waals surface area contributed by atoms with Crippen molar-refractivity contribution in [1.82, 2.24) is 0 Å². The molecule has 164 valence electrons. The van der Waals surface area contributed by atoms with E-state index in [1.54, 1.807) is 6.42 Å². The lowest BCUT2D eigenvalue weighted by molar-refractivity contribution is -0.112. The quantitative estimate of drug-likeness (QED) is 0.201. The van der Waals surface area contributed by atoms with Crippen LogP contribution in [0.5, 0.6) is 0 Å². The van der Waals surface area contributed by atoms with E-state index < -0.39 is 0 Å². The van der Waals surface area contributed by atoms with E-state index in [0.717, 1.165) is 24.2 Å². The van der Waals surface area contributed by atoms with Gasteiger partial charge in [0.2, 0.25) is 0 Å². The molecule has 2 aliphatic carbocycles. The van der Waals surface area contributed by atoms with Gasteiger partial charge in [0.15, 0.2) is 0 Å². The second-order valence-corrected chi connectivity index (χ2v) is 10.4. The molecule has 0 aromatic heterocycles. The number of hydrogen-bond donors (Lipinski definition) is 0. The zero-order valence-electron chi connectivity index (χ0n) is 19.1. The zero-order chi connectivity index (χ0) is 19.9. The zero-order valence-corrected chi connectivity index (χ0v) is 19.1. The van der Waals surface area contributed by atoms with E-state index in [9.17, 15) is 4.79 Å². The lowest BCUT2D eigenvalue weighted by Crippen LogP contribution is -2.16. The van der Waals surface area contributed by atoms with E-state index in [4.69, 9.17) is 0 Å². The Labute approximate surface area is 176 Å². The Kier molecular flexibility index (Phi) is 13.3. The van der Waals surface area contributed by atoms with Crippen LogP contribution in [-0.4, -0.2) is 6.29 Å². The molecule has 0 spiro atoms. The van der Waals surface area contributed by atoms with Crippen LogP contribution in [0.25, 0.3) is 0 Å². The Hall–Kier alpha value is -0.330. The minimum atomic E-state index is 0.384. The summed E-state index contributed by atoms with van der Waals surface area (Å²) in [5.41, 5.74) is 0. The first-order valence-corrected chi connectivity index (χ1v) is 13.3. The standard InChI is InChI=1S/C27H50O/c1-2-3-14-24-17-12-18-25(21-24)15-10-8-6-4-5-7-9-11-16-26-19-13-20-27(22-26)23-28/h23-27H,2-22H2,1H3. The summed E-state index contributed by atoms with van der Waals surface area (Å²) >= 11 is 0. The molecule has 1 heteroatoms. The van der Waals surface area contributed by atoms with Gasteiger partial charge in [-0.25, -0.2) is 0 Å². The van der Waals surface area contributed by atoms with Crippen molar-refractivity contribution in [1.29, 1.82) is 0 Å². The molecule has 0 saturated heterocycles. The number of aldehydes is 1. The Balaban J connectivity index is 1.35. The Morgan fingerprint density at radius 3 is 1.61 bits per heavy atom. The van der Waals surface area contributed by atoms with Crippen molar-refractivity contribution in [3.8, 4) is 0 Å². The van der Waals surface area contributed by atoms with E-state index >= 15 is 0 Å². The highest BCUT2D eigenvalue weighted by Gasteiger charge is 2.21. The van der Waals surface area contributed by atoms with Gasteiger partial charge in [0.25, 0.3) is 0 Å². The first-order valence-electron chi connectivity index (χ1n) is 13.3. The number of hydrogen-bond acceptors (Lipinski definition) is 1. The van der Waals surface area contributed by atoms with Crippen molar-refractivity contribution in [3.05, 3.63) is 0 Å². The van der Waals surface area contributed by atoms with Crippen LogP contribution in [-0.2, 0) is 4.79 Å². The summed E-state index contributed by atoms with van der Waals surface area (Å²) in [6.07, 6.45) is 31.2. The molecule has 0 radical (unpaired) electrons. The van der Waals surface area contributed by atoms with Crippen LogP contribution in [0.2, 0.25) is 0 Å². The highest BCUT2D eigenvalue weighted by molar-refractivity contribution is 5.53. The third-order valence-corrected chi connectivity index (χ3v) is 7.85. The molecule has 2 rings (SSSR count). The van der Waals surface area contributed by atoms with Gasteiger partial charge in [-0.3, -0.25) is 0 Å². The summed E-state index contributed by atoms with van der Waals surface area (Å²) in [7, 11) is 0. The molecular weight excluding hydrogens is 340 g/mol. The normalized spacial score (nSPS) is 28.3. The Morgan fingerprint density at radius 2 is 1.07 bits per heavy atom. The van der Waals surface area contributed by atoms with E-state index in [1.807, 2.05) is 0 Å². The molecule has 0 heterocycles. The Bertz CT molecular complexity index is 376. The molecule has 2 saturated carbocycles. The molecule has 0 N–H and O–H groups in total. The summed E-state index contributed by atoms with van der Waals surface area (Å²) in [6, 6.07) is 0. The maximum absolute atomic E-state index is 11.0. The molecule has 0 aliphatic heterocycles. The van der Waals surface area contributed by atoms with Gasteiger partial charge in [-0.2, -0.15) is 0 Å². The van der Waals surface area contributed by atoms with Crippen LogP contribution in [0.3, 0.4) is 0 Å². The first-order chi connectivity index (χ1) is 13.8. The van der Waals surface area contributed by atoms with Gasteiger partial charge in [-0.1, -0.05) is 122 Å². The molecule has 0 amide bonds. The second kappa shape index (κ2) is 15.5. The van der Waals surface area contributed by atoms with Crippen LogP contribution in [0.4, 0.5) is 0 Å². The van der Waals surface area contributed by atoms with Crippen molar-refractivity contribution < 1.29 is 4.79 Å². The predicted octanol–water partition coefficient (Wildman–Crippen LogP) is 8.89. The van der Waals surface area contributed by atoms with Crippen LogP contribution in [0.15, 0.2) is 0 Å². The molecule has 0 aromatic carbocycles. The lowest BCUT2D eigenvalue weighted by atomic mass is 9.77. The predicted molar refractivity (Wildman–Crippen MR) is 123 cm³/mol. The van der Waals surface area contributed by atoms with Gasteiger partial charge in [0.1, 0.15) is 6.29 Å². The number of carbonyl (C=O) groups is 1. The second-order valence-electron chi connectivity index (χ2n) is 10.4. The molecule has 1 nitrogen and oxygen atoms in total. The molecule has 2 aliphatic rings. The lowest BCUT2D eigenvalue weighted by Gasteiger charge is -2.29. The maximum Gasteiger partial charge on any atom is 0.123 e. The van der Waals surface area contributed by atoms with Crippen LogP contribution in [0.1, 0.15) is 142 Å². The Morgan fingerprint density at radius 1 is 0.607 bits per heavy atom. The number of carbonyl (C=O) groups excluding carboxylic acids is 1. The van der Waals surface area contributed by atoms with Crippen molar-refractivity contribution in [2.24, 2.45) is 23.7 Å².